The van der Waals surface area contributed by atoms with Gasteiger partial charge >= 0.3 is 0 Å². The molecule has 1 aliphatic rings. The molecule has 1 atom stereocenters. The van der Waals surface area contributed by atoms with E-state index in [-0.39, 0.29) is 6.10 Å². The molecule has 114 valence electrons. The first-order valence-electron chi connectivity index (χ1n) is 7.27. The molecule has 0 spiro atoms. The predicted molar refractivity (Wildman–Crippen MR) is 80.6 cm³/mol. The molecule has 3 heterocycles. The molecule has 0 N–H and O–H groups in total. The summed E-state index contributed by atoms with van der Waals surface area (Å²) in [5, 5.41) is 9.15. The summed E-state index contributed by atoms with van der Waals surface area (Å²) in [6.45, 7) is 9.38. The van der Waals surface area contributed by atoms with Gasteiger partial charge in [0.1, 0.15) is 18.3 Å². The summed E-state index contributed by atoms with van der Waals surface area (Å²) >= 11 is 1.46. The summed E-state index contributed by atoms with van der Waals surface area (Å²) in [5.74, 6) is 2.15. The molecule has 0 unspecified atom stereocenters. The molecule has 8 heteroatoms. The molecule has 21 heavy (non-hydrogen) atoms. The Labute approximate surface area is 128 Å². The van der Waals surface area contributed by atoms with Crippen LogP contribution in [0, 0.1) is 0 Å². The maximum absolute atomic E-state index is 5.86. The highest BCUT2D eigenvalue weighted by Crippen LogP contribution is 2.27. The Morgan fingerprint density at radius 1 is 1.48 bits per heavy atom. The van der Waals surface area contributed by atoms with Crippen molar-refractivity contribution in [2.24, 2.45) is 0 Å². The summed E-state index contributed by atoms with van der Waals surface area (Å²) in [5.41, 5.74) is 0. The van der Waals surface area contributed by atoms with Gasteiger partial charge in [0.05, 0.1) is 13.2 Å². The fourth-order valence-corrected chi connectivity index (χ4v) is 3.17. The Kier molecular flexibility index (Phi) is 4.16. The van der Waals surface area contributed by atoms with E-state index in [1.165, 1.54) is 11.5 Å². The second-order valence-electron chi connectivity index (χ2n) is 5.37. The minimum Gasteiger partial charge on any atom is -0.366 e. The Morgan fingerprint density at radius 3 is 3.05 bits per heavy atom. The fourth-order valence-electron chi connectivity index (χ4n) is 2.33. The quantitative estimate of drug-likeness (QED) is 0.858. The Bertz CT molecular complexity index is 595. The average molecular weight is 308 g/mol. The molecule has 7 nitrogen and oxygen atoms in total. The van der Waals surface area contributed by atoms with Gasteiger partial charge in [0.25, 0.3) is 0 Å². The summed E-state index contributed by atoms with van der Waals surface area (Å²) in [6, 6.07) is 0. The van der Waals surface area contributed by atoms with E-state index in [2.05, 4.69) is 45.2 Å². The Morgan fingerprint density at radius 2 is 2.33 bits per heavy atom. The van der Waals surface area contributed by atoms with Crippen molar-refractivity contribution < 1.29 is 4.74 Å². The normalized spacial score (nSPS) is 19.4. The van der Waals surface area contributed by atoms with Crippen LogP contribution in [-0.2, 0) is 11.3 Å². The maximum Gasteiger partial charge on any atom is 0.205 e. The number of aromatic nitrogens is 5. The van der Waals surface area contributed by atoms with Gasteiger partial charge in [-0.15, -0.1) is 10.2 Å². The van der Waals surface area contributed by atoms with E-state index in [1.54, 1.807) is 6.33 Å². The summed E-state index contributed by atoms with van der Waals surface area (Å²) in [6.07, 6.45) is 1.69. The Balaban J connectivity index is 1.76. The van der Waals surface area contributed by atoms with Gasteiger partial charge in [-0.05, 0) is 6.92 Å². The van der Waals surface area contributed by atoms with Crippen molar-refractivity contribution in [3.05, 3.63) is 18.0 Å². The van der Waals surface area contributed by atoms with Gasteiger partial charge in [0, 0.05) is 30.5 Å². The minimum absolute atomic E-state index is 0.0624. The van der Waals surface area contributed by atoms with E-state index in [0.29, 0.717) is 12.5 Å². The van der Waals surface area contributed by atoms with Gasteiger partial charge < -0.3 is 14.2 Å². The van der Waals surface area contributed by atoms with E-state index in [0.717, 1.165) is 36.4 Å². The lowest BCUT2D eigenvalue weighted by molar-refractivity contribution is 0.0316. The third-order valence-corrected chi connectivity index (χ3v) is 4.35. The standard InChI is InChI=1S/C13H20N6OS/c1-4-18-8-14-16-12(18)10-7-19(5-6-20-10)13-15-11(9(2)3)17-21-13/h8-10H,4-7H2,1-3H3/t10-/m0/s1. The number of morpholine rings is 1. The molecule has 0 saturated carbocycles. The molecule has 1 saturated heterocycles. The second-order valence-corrected chi connectivity index (χ2v) is 6.10. The van der Waals surface area contributed by atoms with Crippen molar-refractivity contribution in [2.75, 3.05) is 24.6 Å². The first kappa shape index (κ1) is 14.4. The van der Waals surface area contributed by atoms with Crippen molar-refractivity contribution in [3.63, 3.8) is 0 Å². The number of hydrogen-bond donors (Lipinski definition) is 0. The molecule has 1 aliphatic heterocycles. The van der Waals surface area contributed by atoms with E-state index in [9.17, 15) is 0 Å². The summed E-state index contributed by atoms with van der Waals surface area (Å²) < 4.78 is 12.3. The van der Waals surface area contributed by atoms with Crippen LogP contribution in [0.4, 0.5) is 5.13 Å². The smallest absolute Gasteiger partial charge is 0.205 e. The SMILES string of the molecule is CCn1cnnc1[C@@H]1CN(c2nc(C(C)C)ns2)CCO1. The first-order valence-corrected chi connectivity index (χ1v) is 8.04. The highest BCUT2D eigenvalue weighted by Gasteiger charge is 2.27. The lowest BCUT2D eigenvalue weighted by Crippen LogP contribution is -2.39. The number of ether oxygens (including phenoxy) is 1. The van der Waals surface area contributed by atoms with Crippen LogP contribution < -0.4 is 4.90 Å². The molecular formula is C13H20N6OS. The molecule has 3 rings (SSSR count). The van der Waals surface area contributed by atoms with E-state index in [4.69, 9.17) is 4.74 Å². The van der Waals surface area contributed by atoms with E-state index < -0.39 is 0 Å². The first-order chi connectivity index (χ1) is 10.2. The number of nitrogens with zero attached hydrogens (tertiary/aromatic N) is 6. The number of anilines is 1. The van der Waals surface area contributed by atoms with Crippen LogP contribution in [0.25, 0.3) is 0 Å². The molecule has 1 fully saturated rings. The molecule has 2 aromatic rings. The zero-order valence-corrected chi connectivity index (χ0v) is 13.4. The molecule has 0 aliphatic carbocycles. The maximum atomic E-state index is 5.86. The van der Waals surface area contributed by atoms with Crippen LogP contribution in [0.3, 0.4) is 0 Å². The minimum atomic E-state index is -0.0624. The molecule has 0 aromatic carbocycles. The second kappa shape index (κ2) is 6.07. The number of rotatable bonds is 4. The molecule has 0 radical (unpaired) electrons. The largest absolute Gasteiger partial charge is 0.366 e. The average Bonchev–Trinajstić information content (AvgIpc) is 3.16. The molecule has 2 aromatic heterocycles. The van der Waals surface area contributed by atoms with Gasteiger partial charge in [-0.1, -0.05) is 13.8 Å². The van der Waals surface area contributed by atoms with Crippen LogP contribution in [0.2, 0.25) is 0 Å². The fraction of sp³-hybridized carbons (Fsp3) is 0.692. The molecular weight excluding hydrogens is 288 g/mol. The lowest BCUT2D eigenvalue weighted by atomic mass is 10.2. The van der Waals surface area contributed by atoms with Gasteiger partial charge in [0.2, 0.25) is 5.13 Å². The van der Waals surface area contributed by atoms with Crippen molar-refractivity contribution in [1.29, 1.82) is 0 Å². The monoisotopic (exact) mass is 308 g/mol. The van der Waals surface area contributed by atoms with Gasteiger partial charge in [-0.25, -0.2) is 4.98 Å². The van der Waals surface area contributed by atoms with Gasteiger partial charge in [-0.2, -0.15) is 4.37 Å². The van der Waals surface area contributed by atoms with Crippen molar-refractivity contribution >= 4 is 16.7 Å². The van der Waals surface area contributed by atoms with E-state index >= 15 is 0 Å². The van der Waals surface area contributed by atoms with Crippen LogP contribution in [-0.4, -0.2) is 43.8 Å². The zero-order valence-electron chi connectivity index (χ0n) is 12.6. The van der Waals surface area contributed by atoms with Crippen molar-refractivity contribution in [1.82, 2.24) is 24.1 Å². The van der Waals surface area contributed by atoms with Crippen LogP contribution in [0.5, 0.6) is 0 Å². The third-order valence-electron chi connectivity index (χ3n) is 3.56. The number of aryl methyl sites for hydroxylation is 1. The zero-order chi connectivity index (χ0) is 14.8. The third kappa shape index (κ3) is 2.91. The van der Waals surface area contributed by atoms with Crippen LogP contribution in [0.1, 0.15) is 44.4 Å². The highest BCUT2D eigenvalue weighted by atomic mass is 32.1. The summed E-state index contributed by atoms with van der Waals surface area (Å²) in [7, 11) is 0. The highest BCUT2D eigenvalue weighted by molar-refractivity contribution is 7.09. The summed E-state index contributed by atoms with van der Waals surface area (Å²) in [4.78, 5) is 6.86. The number of hydrogen-bond acceptors (Lipinski definition) is 7. The lowest BCUT2D eigenvalue weighted by Gasteiger charge is -2.31. The molecule has 0 bridgehead atoms. The van der Waals surface area contributed by atoms with Crippen molar-refractivity contribution in [2.45, 2.75) is 39.3 Å². The van der Waals surface area contributed by atoms with Crippen molar-refractivity contribution in [3.8, 4) is 0 Å². The topological polar surface area (TPSA) is 69.0 Å². The molecule has 0 amide bonds. The Hall–Kier alpha value is -1.54. The van der Waals surface area contributed by atoms with Crippen LogP contribution in [0.15, 0.2) is 6.33 Å². The van der Waals surface area contributed by atoms with Gasteiger partial charge in [-0.3, -0.25) is 0 Å². The predicted octanol–water partition coefficient (Wildman–Crippen LogP) is 1.85. The van der Waals surface area contributed by atoms with Crippen LogP contribution >= 0.6 is 11.5 Å². The van der Waals surface area contributed by atoms with Gasteiger partial charge in [0.15, 0.2) is 5.82 Å². The van der Waals surface area contributed by atoms with E-state index in [1.807, 2.05) is 4.57 Å².